The summed E-state index contributed by atoms with van der Waals surface area (Å²) in [7, 11) is 2.14. The lowest BCUT2D eigenvalue weighted by molar-refractivity contribution is 0.346. The van der Waals surface area contributed by atoms with Crippen molar-refractivity contribution < 1.29 is 0 Å². The molecule has 0 fully saturated rings. The topological polar surface area (TPSA) is 16.1 Å². The van der Waals surface area contributed by atoms with Gasteiger partial charge in [0.05, 0.1) is 0 Å². The number of benzene rings is 1. The van der Waals surface area contributed by atoms with Gasteiger partial charge < -0.3 is 4.90 Å². The molecule has 0 saturated heterocycles. The zero-order valence-electron chi connectivity index (χ0n) is 9.27. The van der Waals surface area contributed by atoms with Crippen molar-refractivity contribution in [2.75, 3.05) is 13.6 Å². The highest BCUT2D eigenvalue weighted by Crippen LogP contribution is 2.15. The predicted molar refractivity (Wildman–Crippen MR) is 63.8 cm³/mol. The molecule has 0 aliphatic heterocycles. The zero-order valence-corrected chi connectivity index (χ0v) is 9.27. The monoisotopic (exact) mass is 200 g/mol. The molecular formula is C13H16N2. The molecule has 1 aromatic carbocycles. The summed E-state index contributed by atoms with van der Waals surface area (Å²) in [5, 5.41) is 2.48. The fourth-order valence-electron chi connectivity index (χ4n) is 1.65. The molecule has 15 heavy (non-hydrogen) atoms. The Morgan fingerprint density at radius 2 is 2.07 bits per heavy atom. The fourth-order valence-corrected chi connectivity index (χ4v) is 1.65. The molecule has 0 unspecified atom stereocenters. The lowest BCUT2D eigenvalue weighted by Gasteiger charge is -2.13. The number of aromatic nitrogens is 1. The number of fused-ring (bicyclic) bond motifs is 1. The van der Waals surface area contributed by atoms with Crippen molar-refractivity contribution in [1.82, 2.24) is 9.88 Å². The molecule has 0 amide bonds. The Hall–Kier alpha value is -1.41. The standard InChI is InChI=1S/C13H16N2/c1-3-15(2)10-11-4-5-13-9-14-7-6-12(13)8-11/h4-9H,3,10H2,1-2H3. The Bertz CT molecular complexity index is 451. The molecule has 0 radical (unpaired) electrons. The normalized spacial score (nSPS) is 11.1. The first kappa shape index (κ1) is 10.1. The number of pyridine rings is 1. The molecule has 2 heteroatoms. The Balaban J connectivity index is 2.30. The number of hydrogen-bond donors (Lipinski definition) is 0. The van der Waals surface area contributed by atoms with E-state index in [0.29, 0.717) is 0 Å². The van der Waals surface area contributed by atoms with Crippen LogP contribution in [0.25, 0.3) is 10.8 Å². The molecule has 2 aromatic rings. The molecule has 0 spiro atoms. The van der Waals surface area contributed by atoms with Crippen molar-refractivity contribution in [3.8, 4) is 0 Å². The third-order valence-electron chi connectivity index (χ3n) is 2.70. The van der Waals surface area contributed by atoms with E-state index in [1.54, 1.807) is 0 Å². The van der Waals surface area contributed by atoms with Crippen molar-refractivity contribution >= 4 is 10.8 Å². The van der Waals surface area contributed by atoms with Crippen molar-refractivity contribution in [3.05, 3.63) is 42.2 Å². The number of hydrogen-bond acceptors (Lipinski definition) is 2. The van der Waals surface area contributed by atoms with E-state index in [2.05, 4.69) is 48.1 Å². The van der Waals surface area contributed by atoms with Gasteiger partial charge in [0.15, 0.2) is 0 Å². The molecule has 1 heterocycles. The van der Waals surface area contributed by atoms with Gasteiger partial charge in [-0.25, -0.2) is 0 Å². The molecule has 0 aliphatic rings. The van der Waals surface area contributed by atoms with Gasteiger partial charge in [0.1, 0.15) is 0 Å². The van der Waals surface area contributed by atoms with Gasteiger partial charge in [0.2, 0.25) is 0 Å². The summed E-state index contributed by atoms with van der Waals surface area (Å²) in [4.78, 5) is 6.40. The Morgan fingerprint density at radius 1 is 1.20 bits per heavy atom. The summed E-state index contributed by atoms with van der Waals surface area (Å²) in [6.45, 7) is 4.26. The maximum Gasteiger partial charge on any atom is 0.0346 e. The van der Waals surface area contributed by atoms with Crippen molar-refractivity contribution in [1.29, 1.82) is 0 Å². The molecule has 0 atom stereocenters. The first-order valence-electron chi connectivity index (χ1n) is 5.31. The highest BCUT2D eigenvalue weighted by molar-refractivity contribution is 5.81. The number of rotatable bonds is 3. The lowest BCUT2D eigenvalue weighted by atomic mass is 10.1. The first-order valence-corrected chi connectivity index (χ1v) is 5.31. The van der Waals surface area contributed by atoms with Crippen LogP contribution in [-0.4, -0.2) is 23.5 Å². The molecule has 0 aliphatic carbocycles. The Kier molecular flexibility index (Phi) is 2.97. The minimum atomic E-state index is 1.01. The van der Waals surface area contributed by atoms with Gasteiger partial charge in [-0.3, -0.25) is 4.98 Å². The van der Waals surface area contributed by atoms with E-state index >= 15 is 0 Å². The summed E-state index contributed by atoms with van der Waals surface area (Å²) >= 11 is 0. The second-order valence-corrected chi connectivity index (χ2v) is 3.89. The second kappa shape index (κ2) is 4.41. The maximum absolute atomic E-state index is 4.11. The summed E-state index contributed by atoms with van der Waals surface area (Å²) < 4.78 is 0. The Morgan fingerprint density at radius 3 is 2.87 bits per heavy atom. The number of nitrogens with zero attached hydrogens (tertiary/aromatic N) is 2. The minimum absolute atomic E-state index is 1.01. The summed E-state index contributed by atoms with van der Waals surface area (Å²) in [6.07, 6.45) is 3.75. The molecular weight excluding hydrogens is 184 g/mol. The largest absolute Gasteiger partial charge is 0.302 e. The van der Waals surface area contributed by atoms with Crippen LogP contribution in [0.1, 0.15) is 12.5 Å². The van der Waals surface area contributed by atoms with Gasteiger partial charge in [-0.1, -0.05) is 19.1 Å². The van der Waals surface area contributed by atoms with Gasteiger partial charge in [-0.2, -0.15) is 0 Å². The van der Waals surface area contributed by atoms with E-state index in [9.17, 15) is 0 Å². The molecule has 2 rings (SSSR count). The third kappa shape index (κ3) is 2.34. The van der Waals surface area contributed by atoms with Crippen molar-refractivity contribution in [2.24, 2.45) is 0 Å². The third-order valence-corrected chi connectivity index (χ3v) is 2.70. The molecule has 0 saturated carbocycles. The van der Waals surface area contributed by atoms with Gasteiger partial charge >= 0.3 is 0 Å². The molecule has 0 N–H and O–H groups in total. The second-order valence-electron chi connectivity index (χ2n) is 3.89. The SMILES string of the molecule is CCN(C)Cc1ccc2cnccc2c1. The van der Waals surface area contributed by atoms with Gasteiger partial charge in [0.25, 0.3) is 0 Å². The first-order chi connectivity index (χ1) is 7.29. The lowest BCUT2D eigenvalue weighted by Crippen LogP contribution is -2.16. The van der Waals surface area contributed by atoms with E-state index in [-0.39, 0.29) is 0 Å². The van der Waals surface area contributed by atoms with Crippen LogP contribution in [0.5, 0.6) is 0 Å². The zero-order chi connectivity index (χ0) is 10.7. The summed E-state index contributed by atoms with van der Waals surface area (Å²) in [5.41, 5.74) is 1.36. The van der Waals surface area contributed by atoms with Gasteiger partial charge in [-0.15, -0.1) is 0 Å². The van der Waals surface area contributed by atoms with E-state index in [1.165, 1.54) is 16.3 Å². The van der Waals surface area contributed by atoms with Crippen LogP contribution in [0.3, 0.4) is 0 Å². The van der Waals surface area contributed by atoms with Crippen molar-refractivity contribution in [3.63, 3.8) is 0 Å². The van der Waals surface area contributed by atoms with Crippen LogP contribution >= 0.6 is 0 Å². The van der Waals surface area contributed by atoms with E-state index < -0.39 is 0 Å². The van der Waals surface area contributed by atoms with Gasteiger partial charge in [-0.05, 0) is 36.7 Å². The van der Waals surface area contributed by atoms with Crippen LogP contribution in [0.2, 0.25) is 0 Å². The molecule has 0 bridgehead atoms. The van der Waals surface area contributed by atoms with Crippen LogP contribution < -0.4 is 0 Å². The van der Waals surface area contributed by atoms with Crippen LogP contribution in [0.15, 0.2) is 36.7 Å². The average molecular weight is 200 g/mol. The predicted octanol–water partition coefficient (Wildman–Crippen LogP) is 2.69. The highest BCUT2D eigenvalue weighted by Gasteiger charge is 1.99. The van der Waals surface area contributed by atoms with Gasteiger partial charge in [0, 0.05) is 24.3 Å². The maximum atomic E-state index is 4.11. The average Bonchev–Trinajstić information content (AvgIpc) is 2.29. The summed E-state index contributed by atoms with van der Waals surface area (Å²) in [6, 6.07) is 8.62. The van der Waals surface area contributed by atoms with Crippen molar-refractivity contribution in [2.45, 2.75) is 13.5 Å². The van der Waals surface area contributed by atoms with E-state index in [1.807, 2.05) is 12.4 Å². The molecule has 78 valence electrons. The Labute approximate surface area is 90.6 Å². The van der Waals surface area contributed by atoms with E-state index in [4.69, 9.17) is 0 Å². The van der Waals surface area contributed by atoms with Crippen LogP contribution in [-0.2, 0) is 6.54 Å². The smallest absolute Gasteiger partial charge is 0.0346 e. The minimum Gasteiger partial charge on any atom is -0.302 e. The molecule has 1 aromatic heterocycles. The highest BCUT2D eigenvalue weighted by atomic mass is 15.1. The summed E-state index contributed by atoms with van der Waals surface area (Å²) in [5.74, 6) is 0. The van der Waals surface area contributed by atoms with Crippen LogP contribution in [0, 0.1) is 0 Å². The molecule has 2 nitrogen and oxygen atoms in total. The van der Waals surface area contributed by atoms with E-state index in [0.717, 1.165) is 13.1 Å². The fraction of sp³-hybridized carbons (Fsp3) is 0.308. The van der Waals surface area contributed by atoms with Crippen LogP contribution in [0.4, 0.5) is 0 Å². The quantitative estimate of drug-likeness (QED) is 0.757.